The van der Waals surface area contributed by atoms with E-state index in [2.05, 4.69) is 24.5 Å². The molecule has 11 heteroatoms. The molecule has 2 amide bonds. The molecule has 218 valence electrons. The van der Waals surface area contributed by atoms with Gasteiger partial charge in [0, 0.05) is 11.5 Å². The molecular formula is C28H45BN2O8. The molecule has 0 spiro atoms. The van der Waals surface area contributed by atoms with Crippen LogP contribution in [0.4, 0.5) is 0 Å². The molecule has 1 aliphatic heterocycles. The fraction of sp³-hybridized carbons (Fsp3) is 0.714. The van der Waals surface area contributed by atoms with Crippen LogP contribution in [0.1, 0.15) is 65.5 Å². The third kappa shape index (κ3) is 6.64. The normalized spacial score (nSPS) is 21.1. The maximum absolute atomic E-state index is 13.3. The average molecular weight is 548 g/mol. The first-order chi connectivity index (χ1) is 18.3. The van der Waals surface area contributed by atoms with Crippen LogP contribution < -0.4 is 24.8 Å². The summed E-state index contributed by atoms with van der Waals surface area (Å²) in [5.74, 6) is 0.217. The van der Waals surface area contributed by atoms with Crippen molar-refractivity contribution < 1.29 is 38.2 Å². The van der Waals surface area contributed by atoms with Crippen LogP contribution in [0.5, 0.6) is 17.2 Å². The van der Waals surface area contributed by atoms with Crippen LogP contribution in [0.2, 0.25) is 0 Å². The second kappa shape index (κ2) is 12.3. The zero-order valence-electron chi connectivity index (χ0n) is 24.8. The Bertz CT molecular complexity index is 1030. The number of aryl methyl sites for hydroxylation is 1. The number of aliphatic hydroxyl groups is 1. The van der Waals surface area contributed by atoms with E-state index in [1.54, 1.807) is 21.3 Å². The summed E-state index contributed by atoms with van der Waals surface area (Å²) in [6.07, 6.45) is 2.24. The van der Waals surface area contributed by atoms with E-state index in [9.17, 15) is 14.7 Å². The molecule has 1 heterocycles. The van der Waals surface area contributed by atoms with Gasteiger partial charge in [0.15, 0.2) is 11.5 Å². The first-order valence-corrected chi connectivity index (χ1v) is 13.7. The molecule has 3 atom stereocenters. The van der Waals surface area contributed by atoms with E-state index in [0.717, 1.165) is 11.1 Å². The number of fused-ring (bicyclic) bond motifs is 1. The van der Waals surface area contributed by atoms with Gasteiger partial charge >= 0.3 is 7.12 Å². The fourth-order valence-corrected chi connectivity index (χ4v) is 5.18. The van der Waals surface area contributed by atoms with Gasteiger partial charge in [0.05, 0.1) is 45.1 Å². The SMILES string of the molecule is COc1cc2c(c(OC)c1OC)CC(C(=O)N[C@@H](CO)C(=O)NC(CC(C)C)B1OC(C)(C)C(C)(C)O1)CC2. The first-order valence-electron chi connectivity index (χ1n) is 13.7. The highest BCUT2D eigenvalue weighted by atomic mass is 16.7. The Labute approximate surface area is 232 Å². The summed E-state index contributed by atoms with van der Waals surface area (Å²) in [6, 6.07) is 0.808. The van der Waals surface area contributed by atoms with Crippen LogP contribution in [-0.2, 0) is 31.7 Å². The maximum atomic E-state index is 13.3. The summed E-state index contributed by atoms with van der Waals surface area (Å²) in [4.78, 5) is 26.6. The number of nitrogens with one attached hydrogen (secondary N) is 2. The summed E-state index contributed by atoms with van der Waals surface area (Å²) in [5, 5.41) is 15.8. The van der Waals surface area contributed by atoms with Crippen molar-refractivity contribution in [1.82, 2.24) is 10.6 Å². The van der Waals surface area contributed by atoms with Gasteiger partial charge in [-0.1, -0.05) is 13.8 Å². The van der Waals surface area contributed by atoms with E-state index in [4.69, 9.17) is 23.5 Å². The molecule has 3 N–H and O–H groups in total. The zero-order chi connectivity index (χ0) is 29.1. The lowest BCUT2D eigenvalue weighted by atomic mass is 9.74. The van der Waals surface area contributed by atoms with Gasteiger partial charge in [0.1, 0.15) is 6.04 Å². The van der Waals surface area contributed by atoms with Gasteiger partial charge in [-0.05, 0) is 70.9 Å². The molecule has 1 fully saturated rings. The Morgan fingerprint density at radius 3 is 2.18 bits per heavy atom. The van der Waals surface area contributed by atoms with Gasteiger partial charge in [-0.2, -0.15) is 0 Å². The molecule has 0 radical (unpaired) electrons. The van der Waals surface area contributed by atoms with Crippen molar-refractivity contribution in [2.45, 2.75) is 90.4 Å². The number of amides is 2. The standard InChI is InChI=1S/C28H45BN2O8/c1-16(2)12-22(29-38-27(3,4)28(5,6)39-29)31-26(34)20(15-32)30-25(33)18-11-10-17-14-21(35-7)24(37-9)23(36-8)19(17)13-18/h14,16,18,20,22,32H,10-13,15H2,1-9H3,(H,30,33)(H,31,34)/t18?,20-,22?/m0/s1. The second-order valence-corrected chi connectivity index (χ2v) is 11.8. The van der Waals surface area contributed by atoms with Crippen molar-refractivity contribution >= 4 is 18.9 Å². The second-order valence-electron chi connectivity index (χ2n) is 11.8. The minimum atomic E-state index is -1.11. The third-order valence-corrected chi connectivity index (χ3v) is 8.08. The minimum Gasteiger partial charge on any atom is -0.493 e. The number of ether oxygens (including phenoxy) is 3. The number of hydrogen-bond acceptors (Lipinski definition) is 8. The van der Waals surface area contributed by atoms with Crippen LogP contribution >= 0.6 is 0 Å². The molecule has 3 rings (SSSR count). The maximum Gasteiger partial charge on any atom is 0.481 e. The van der Waals surface area contributed by atoms with Crippen LogP contribution in [0.3, 0.4) is 0 Å². The lowest BCUT2D eigenvalue weighted by Crippen LogP contribution is -2.56. The molecule has 2 unspecified atom stereocenters. The summed E-state index contributed by atoms with van der Waals surface area (Å²) >= 11 is 0. The Morgan fingerprint density at radius 2 is 1.67 bits per heavy atom. The Balaban J connectivity index is 1.72. The minimum absolute atomic E-state index is 0.254. The van der Waals surface area contributed by atoms with Gasteiger partial charge < -0.3 is 39.3 Å². The number of rotatable bonds is 11. The van der Waals surface area contributed by atoms with Gasteiger partial charge in [0.25, 0.3) is 0 Å². The van der Waals surface area contributed by atoms with Crippen molar-refractivity contribution in [3.8, 4) is 17.2 Å². The van der Waals surface area contributed by atoms with E-state index in [1.165, 1.54) is 0 Å². The fourth-order valence-electron chi connectivity index (χ4n) is 5.18. The predicted octanol–water partition coefficient (Wildman–Crippen LogP) is 2.46. The zero-order valence-corrected chi connectivity index (χ0v) is 24.8. The quantitative estimate of drug-likeness (QED) is 0.361. The molecule has 10 nitrogen and oxygen atoms in total. The van der Waals surface area contributed by atoms with Gasteiger partial charge in [0.2, 0.25) is 17.6 Å². The van der Waals surface area contributed by atoms with Crippen molar-refractivity contribution in [2.75, 3.05) is 27.9 Å². The summed E-state index contributed by atoms with van der Waals surface area (Å²) in [7, 11) is 4.02. The molecular weight excluding hydrogens is 503 g/mol. The van der Waals surface area contributed by atoms with E-state index >= 15 is 0 Å². The lowest BCUT2D eigenvalue weighted by molar-refractivity contribution is -0.132. The molecule has 0 bridgehead atoms. The number of benzene rings is 1. The summed E-state index contributed by atoms with van der Waals surface area (Å²) in [6.45, 7) is 11.4. The van der Waals surface area contributed by atoms with E-state index in [0.29, 0.717) is 42.9 Å². The molecule has 1 aromatic rings. The van der Waals surface area contributed by atoms with Crippen molar-refractivity contribution in [1.29, 1.82) is 0 Å². The highest BCUT2D eigenvalue weighted by Crippen LogP contribution is 2.45. The monoisotopic (exact) mass is 548 g/mol. The van der Waals surface area contributed by atoms with Crippen molar-refractivity contribution in [3.05, 3.63) is 17.2 Å². The van der Waals surface area contributed by atoms with E-state index in [-0.39, 0.29) is 11.8 Å². The molecule has 1 saturated heterocycles. The smallest absolute Gasteiger partial charge is 0.481 e. The topological polar surface area (TPSA) is 125 Å². The van der Waals surface area contributed by atoms with Gasteiger partial charge in [-0.15, -0.1) is 0 Å². The number of carbonyl (C=O) groups is 2. The third-order valence-electron chi connectivity index (χ3n) is 8.08. The van der Waals surface area contributed by atoms with Crippen LogP contribution in [0.25, 0.3) is 0 Å². The van der Waals surface area contributed by atoms with E-state index in [1.807, 2.05) is 33.8 Å². The predicted molar refractivity (Wildman–Crippen MR) is 148 cm³/mol. The average Bonchev–Trinajstić information content (AvgIpc) is 3.10. The molecule has 0 aromatic heterocycles. The van der Waals surface area contributed by atoms with Crippen LogP contribution in [0.15, 0.2) is 6.07 Å². The molecule has 0 saturated carbocycles. The number of hydrogen-bond donors (Lipinski definition) is 3. The van der Waals surface area contributed by atoms with E-state index < -0.39 is 48.7 Å². The number of methoxy groups -OCH3 is 3. The van der Waals surface area contributed by atoms with Gasteiger partial charge in [-0.3, -0.25) is 9.59 Å². The Kier molecular flexibility index (Phi) is 9.83. The lowest BCUT2D eigenvalue weighted by Gasteiger charge is -2.32. The largest absolute Gasteiger partial charge is 0.493 e. The molecule has 2 aliphatic rings. The van der Waals surface area contributed by atoms with Crippen molar-refractivity contribution in [3.63, 3.8) is 0 Å². The number of aliphatic hydroxyl groups excluding tert-OH is 1. The molecule has 1 aromatic carbocycles. The van der Waals surface area contributed by atoms with Crippen LogP contribution in [-0.4, -0.2) is 75.2 Å². The van der Waals surface area contributed by atoms with Crippen LogP contribution in [0, 0.1) is 11.8 Å². The Hall–Kier alpha value is -2.50. The highest BCUT2D eigenvalue weighted by molar-refractivity contribution is 6.48. The summed E-state index contributed by atoms with van der Waals surface area (Å²) in [5.41, 5.74) is 0.814. The highest BCUT2D eigenvalue weighted by Gasteiger charge is 2.54. The Morgan fingerprint density at radius 1 is 1.05 bits per heavy atom. The first kappa shape index (κ1) is 31.0. The van der Waals surface area contributed by atoms with Crippen molar-refractivity contribution in [2.24, 2.45) is 11.8 Å². The van der Waals surface area contributed by atoms with Gasteiger partial charge in [-0.25, -0.2) is 0 Å². The molecule has 1 aliphatic carbocycles. The summed E-state index contributed by atoms with van der Waals surface area (Å²) < 4.78 is 29.0. The molecule has 39 heavy (non-hydrogen) atoms. The number of carbonyl (C=O) groups excluding carboxylic acids is 2.